The van der Waals surface area contributed by atoms with Crippen LogP contribution in [0.2, 0.25) is 0 Å². The Morgan fingerprint density at radius 1 is 1.62 bits per heavy atom. The zero-order valence-electron chi connectivity index (χ0n) is 8.88. The molecular weight excluding hydrogens is 208 g/mol. The van der Waals surface area contributed by atoms with Gasteiger partial charge in [0.2, 0.25) is 0 Å². The molecule has 0 bridgehead atoms. The van der Waals surface area contributed by atoms with Crippen LogP contribution in [0.5, 0.6) is 0 Å². The van der Waals surface area contributed by atoms with Crippen LogP contribution < -0.4 is 5.32 Å². The van der Waals surface area contributed by atoms with Gasteiger partial charge in [0.1, 0.15) is 6.33 Å². The van der Waals surface area contributed by atoms with E-state index in [4.69, 9.17) is 4.42 Å². The van der Waals surface area contributed by atoms with Crippen molar-refractivity contribution in [3.63, 3.8) is 0 Å². The van der Waals surface area contributed by atoms with Crippen LogP contribution in [0.4, 0.5) is 0 Å². The van der Waals surface area contributed by atoms with Crippen molar-refractivity contribution < 1.29 is 9.21 Å². The summed E-state index contributed by atoms with van der Waals surface area (Å²) in [6.07, 6.45) is 3.70. The quantitative estimate of drug-likeness (QED) is 0.808. The lowest BCUT2D eigenvalue weighted by Gasteiger charge is -2.00. The number of aryl methyl sites for hydroxylation is 1. The maximum atomic E-state index is 11.5. The molecule has 0 atom stereocenters. The highest BCUT2D eigenvalue weighted by molar-refractivity contribution is 5.91. The third-order valence-electron chi connectivity index (χ3n) is 2.03. The minimum atomic E-state index is -0.221. The van der Waals surface area contributed by atoms with Gasteiger partial charge in [-0.1, -0.05) is 0 Å². The fraction of sp³-hybridized carbons (Fsp3) is 0.300. The summed E-state index contributed by atoms with van der Waals surface area (Å²) >= 11 is 0. The van der Waals surface area contributed by atoms with E-state index in [1.807, 2.05) is 0 Å². The summed E-state index contributed by atoms with van der Waals surface area (Å²) in [5, 5.41) is 6.82. The molecule has 0 aliphatic carbocycles. The lowest BCUT2D eigenvalue weighted by molar-refractivity contribution is 0.0926. The van der Waals surface area contributed by atoms with Crippen molar-refractivity contribution in [2.75, 3.05) is 6.54 Å². The van der Waals surface area contributed by atoms with E-state index < -0.39 is 0 Å². The van der Waals surface area contributed by atoms with Crippen molar-refractivity contribution in [2.45, 2.75) is 6.42 Å². The van der Waals surface area contributed by atoms with Gasteiger partial charge in [-0.25, -0.2) is 4.98 Å². The standard InChI is InChI=1S/C10H12N4O2/c1-14-7-12-9(13-14)4-5-11-10(15)8-3-2-6-16-8/h2-3,6-7H,4-5H2,1H3,(H,11,15). The third kappa shape index (κ3) is 2.47. The number of carbonyl (C=O) groups excluding carboxylic acids is 1. The molecule has 2 rings (SSSR count). The average molecular weight is 220 g/mol. The van der Waals surface area contributed by atoms with Crippen LogP contribution in [-0.4, -0.2) is 27.2 Å². The first-order valence-electron chi connectivity index (χ1n) is 4.92. The summed E-state index contributed by atoms with van der Waals surface area (Å²) in [7, 11) is 1.80. The number of aromatic nitrogens is 3. The minimum absolute atomic E-state index is 0.221. The third-order valence-corrected chi connectivity index (χ3v) is 2.03. The van der Waals surface area contributed by atoms with E-state index >= 15 is 0 Å². The molecule has 1 N–H and O–H groups in total. The van der Waals surface area contributed by atoms with E-state index in [9.17, 15) is 4.79 Å². The van der Waals surface area contributed by atoms with Crippen molar-refractivity contribution in [3.8, 4) is 0 Å². The monoisotopic (exact) mass is 220 g/mol. The Bertz CT molecular complexity index is 461. The summed E-state index contributed by atoms with van der Waals surface area (Å²) in [6, 6.07) is 3.30. The largest absolute Gasteiger partial charge is 0.459 e. The molecule has 0 aliphatic rings. The SMILES string of the molecule is Cn1cnc(CCNC(=O)c2ccco2)n1. The molecule has 0 radical (unpaired) electrons. The van der Waals surface area contributed by atoms with Gasteiger partial charge in [0.25, 0.3) is 5.91 Å². The number of furan rings is 1. The highest BCUT2D eigenvalue weighted by atomic mass is 16.3. The van der Waals surface area contributed by atoms with Crippen LogP contribution in [0, 0.1) is 0 Å². The topological polar surface area (TPSA) is 73.0 Å². The summed E-state index contributed by atoms with van der Waals surface area (Å²) in [6.45, 7) is 0.490. The highest BCUT2D eigenvalue weighted by Gasteiger charge is 2.07. The van der Waals surface area contributed by atoms with Crippen LogP contribution in [0.15, 0.2) is 29.1 Å². The molecule has 16 heavy (non-hydrogen) atoms. The number of hydrogen-bond acceptors (Lipinski definition) is 4. The van der Waals surface area contributed by atoms with E-state index in [2.05, 4.69) is 15.4 Å². The highest BCUT2D eigenvalue weighted by Crippen LogP contribution is 1.99. The molecule has 0 unspecified atom stereocenters. The Balaban J connectivity index is 1.78. The minimum Gasteiger partial charge on any atom is -0.459 e. The van der Waals surface area contributed by atoms with Crippen LogP contribution in [0.3, 0.4) is 0 Å². The van der Waals surface area contributed by atoms with Gasteiger partial charge >= 0.3 is 0 Å². The molecular formula is C10H12N4O2. The number of rotatable bonds is 4. The molecule has 84 valence electrons. The van der Waals surface area contributed by atoms with Gasteiger partial charge in [0, 0.05) is 20.0 Å². The molecule has 0 fully saturated rings. The second kappa shape index (κ2) is 4.61. The maximum Gasteiger partial charge on any atom is 0.286 e. The summed E-state index contributed by atoms with van der Waals surface area (Å²) in [5.41, 5.74) is 0. The van der Waals surface area contributed by atoms with Gasteiger partial charge < -0.3 is 9.73 Å². The molecule has 6 nitrogen and oxygen atoms in total. The smallest absolute Gasteiger partial charge is 0.286 e. The molecule has 2 aromatic heterocycles. The number of carbonyl (C=O) groups is 1. The van der Waals surface area contributed by atoms with Gasteiger partial charge in [0.05, 0.1) is 6.26 Å². The molecule has 6 heteroatoms. The van der Waals surface area contributed by atoms with Crippen molar-refractivity contribution in [1.82, 2.24) is 20.1 Å². The van der Waals surface area contributed by atoms with E-state index in [1.165, 1.54) is 6.26 Å². The van der Waals surface area contributed by atoms with Gasteiger partial charge in [0.15, 0.2) is 11.6 Å². The predicted molar refractivity (Wildman–Crippen MR) is 55.7 cm³/mol. The van der Waals surface area contributed by atoms with E-state index in [0.717, 1.165) is 0 Å². The molecule has 0 saturated heterocycles. The maximum absolute atomic E-state index is 11.5. The number of hydrogen-bond donors (Lipinski definition) is 1. The Kier molecular flexibility index (Phi) is 3.00. The molecule has 2 aromatic rings. The second-order valence-electron chi connectivity index (χ2n) is 3.32. The van der Waals surface area contributed by atoms with Crippen molar-refractivity contribution in [3.05, 3.63) is 36.3 Å². The average Bonchev–Trinajstić information content (AvgIpc) is 2.89. The first-order chi connectivity index (χ1) is 7.75. The van der Waals surface area contributed by atoms with Crippen molar-refractivity contribution >= 4 is 5.91 Å². The lowest BCUT2D eigenvalue weighted by atomic mass is 10.3. The Hall–Kier alpha value is -2.11. The fourth-order valence-electron chi connectivity index (χ4n) is 1.28. The molecule has 0 spiro atoms. The molecule has 0 saturated carbocycles. The normalized spacial score (nSPS) is 10.3. The van der Waals surface area contributed by atoms with Crippen LogP contribution in [0.25, 0.3) is 0 Å². The molecule has 2 heterocycles. The first-order valence-corrected chi connectivity index (χ1v) is 4.92. The van der Waals surface area contributed by atoms with Crippen LogP contribution >= 0.6 is 0 Å². The van der Waals surface area contributed by atoms with Gasteiger partial charge in [-0.05, 0) is 12.1 Å². The van der Waals surface area contributed by atoms with E-state index in [-0.39, 0.29) is 5.91 Å². The number of nitrogens with zero attached hydrogens (tertiary/aromatic N) is 3. The Labute approximate surface area is 92.3 Å². The zero-order chi connectivity index (χ0) is 11.4. The van der Waals surface area contributed by atoms with Gasteiger partial charge in [-0.3, -0.25) is 9.48 Å². The Morgan fingerprint density at radius 3 is 3.12 bits per heavy atom. The van der Waals surface area contributed by atoms with E-state index in [1.54, 1.807) is 30.2 Å². The van der Waals surface area contributed by atoms with Gasteiger partial charge in [-0.2, -0.15) is 5.10 Å². The molecule has 0 aliphatic heterocycles. The van der Waals surface area contributed by atoms with Crippen LogP contribution in [0.1, 0.15) is 16.4 Å². The Morgan fingerprint density at radius 2 is 2.50 bits per heavy atom. The first kappa shape index (κ1) is 10.4. The summed E-state index contributed by atoms with van der Waals surface area (Å²) < 4.78 is 6.58. The van der Waals surface area contributed by atoms with Crippen LogP contribution in [-0.2, 0) is 13.5 Å². The zero-order valence-corrected chi connectivity index (χ0v) is 8.88. The lowest BCUT2D eigenvalue weighted by Crippen LogP contribution is -2.25. The molecule has 0 aromatic carbocycles. The molecule has 1 amide bonds. The van der Waals surface area contributed by atoms with Gasteiger partial charge in [-0.15, -0.1) is 0 Å². The van der Waals surface area contributed by atoms with Crippen molar-refractivity contribution in [2.24, 2.45) is 7.05 Å². The number of nitrogens with one attached hydrogen (secondary N) is 1. The van der Waals surface area contributed by atoms with E-state index in [0.29, 0.717) is 24.6 Å². The number of amides is 1. The second-order valence-corrected chi connectivity index (χ2v) is 3.32. The van der Waals surface area contributed by atoms with Crippen molar-refractivity contribution in [1.29, 1.82) is 0 Å². The summed E-state index contributed by atoms with van der Waals surface area (Å²) in [5.74, 6) is 0.803. The predicted octanol–water partition coefficient (Wildman–Crippen LogP) is 0.381. The summed E-state index contributed by atoms with van der Waals surface area (Å²) in [4.78, 5) is 15.5. The fourth-order valence-corrected chi connectivity index (χ4v) is 1.28.